The number of sulfonamides is 1. The molecule has 5 atom stereocenters. The smallest absolute Gasteiger partial charge is 0.459 e. The minimum Gasteiger partial charge on any atom is -0.462 e. The number of fused-ring (bicyclic) bond motifs is 1. The number of ether oxygens (including phenoxy) is 2. The maximum atomic E-state index is 14.2. The number of carbonyl (C=O) groups is 1. The van der Waals surface area contributed by atoms with Gasteiger partial charge in [-0.2, -0.15) is 15.1 Å². The Morgan fingerprint density at radius 3 is 2.50 bits per heavy atom. The summed E-state index contributed by atoms with van der Waals surface area (Å²) < 4.78 is 62.4. The third-order valence-corrected chi connectivity index (χ3v) is 9.72. The van der Waals surface area contributed by atoms with Gasteiger partial charge in [0.1, 0.15) is 34.7 Å². The predicted molar refractivity (Wildman–Crippen MR) is 178 cm³/mol. The summed E-state index contributed by atoms with van der Waals surface area (Å²) in [5, 5.41) is 27.3. The third kappa shape index (κ3) is 8.56. The zero-order valence-corrected chi connectivity index (χ0v) is 29.9. The molecule has 3 aromatic rings. The zero-order chi connectivity index (χ0) is 35.8. The van der Waals surface area contributed by atoms with E-state index in [9.17, 15) is 28.0 Å². The van der Waals surface area contributed by atoms with Crippen LogP contribution in [0, 0.1) is 0 Å². The molecule has 266 valence electrons. The van der Waals surface area contributed by atoms with Crippen LogP contribution >= 0.6 is 19.3 Å². The lowest BCUT2D eigenvalue weighted by atomic mass is 9.96. The van der Waals surface area contributed by atoms with Gasteiger partial charge in [-0.15, -0.1) is 4.83 Å². The van der Waals surface area contributed by atoms with Crippen LogP contribution in [0.1, 0.15) is 47.8 Å². The van der Waals surface area contributed by atoms with Crippen LogP contribution in [0.3, 0.4) is 0 Å². The fourth-order valence-electron chi connectivity index (χ4n) is 4.90. The fraction of sp³-hybridized carbons (Fsp3) is 0.536. The van der Waals surface area contributed by atoms with Crippen molar-refractivity contribution < 1.29 is 46.5 Å². The van der Waals surface area contributed by atoms with E-state index in [0.29, 0.717) is 10.4 Å². The summed E-state index contributed by atoms with van der Waals surface area (Å²) in [4.78, 5) is 23.7. The number of hydrogen-bond acceptors (Lipinski definition) is 14. The molecule has 0 saturated carbocycles. The lowest BCUT2D eigenvalue weighted by molar-refractivity contribution is -0.153. The van der Waals surface area contributed by atoms with Gasteiger partial charge in [-0.25, -0.2) is 13.0 Å². The average Bonchev–Trinajstić information content (AvgIpc) is 3.47. The normalized spacial score (nSPS) is 22.9. The largest absolute Gasteiger partial charge is 0.462 e. The second kappa shape index (κ2) is 14.0. The number of anilines is 2. The molecule has 1 saturated heterocycles. The van der Waals surface area contributed by atoms with Crippen molar-refractivity contribution in [3.8, 4) is 5.75 Å². The number of hydrogen-bond donors (Lipinski definition) is 5. The summed E-state index contributed by atoms with van der Waals surface area (Å²) in [6.45, 7) is 8.82. The average molecular weight is 734 g/mol. The number of nitrogen functional groups attached to an aromatic ring is 1. The Morgan fingerprint density at radius 1 is 1.27 bits per heavy atom. The first kappa shape index (κ1) is 37.8. The number of nitrogens with zero attached hydrogens (tertiary/aromatic N) is 4. The number of benzene rings is 1. The minimum absolute atomic E-state index is 0.0967. The van der Waals surface area contributed by atoms with Crippen molar-refractivity contribution in [2.24, 2.45) is 0 Å². The molecule has 1 aliphatic rings. The molecular weight excluding hydrogens is 693 g/mol. The van der Waals surface area contributed by atoms with E-state index in [2.05, 4.69) is 19.9 Å². The molecule has 20 heteroatoms. The molecule has 48 heavy (non-hydrogen) atoms. The van der Waals surface area contributed by atoms with Crippen molar-refractivity contribution in [2.75, 3.05) is 30.1 Å². The molecule has 6 N–H and O–H groups in total. The van der Waals surface area contributed by atoms with E-state index in [1.54, 1.807) is 26.8 Å². The predicted octanol–water partition coefficient (Wildman–Crippen LogP) is 2.49. The first-order valence-corrected chi connectivity index (χ1v) is 18.6. The Hall–Kier alpha value is -3.06. The van der Waals surface area contributed by atoms with E-state index in [4.69, 9.17) is 35.9 Å². The molecule has 2 aromatic heterocycles. The SMILES string of the molecule is CCN(NS(C)(=O)=O)c1nc(N)nc2c1ccn2C1OC(COP(=O)(NC(C)(C)C(=O)OC(C)C)Oc2ccc(Cl)cc2)[C@@H](O)[C@@]1(C)O. The first-order valence-electron chi connectivity index (χ1n) is 14.8. The van der Waals surface area contributed by atoms with Crippen LogP contribution in [0.5, 0.6) is 5.75 Å². The Morgan fingerprint density at radius 2 is 1.92 bits per heavy atom. The highest BCUT2D eigenvalue weighted by molar-refractivity contribution is 7.88. The molecule has 1 aromatic carbocycles. The zero-order valence-electron chi connectivity index (χ0n) is 27.4. The topological polar surface area (TPSA) is 230 Å². The Kier molecular flexibility index (Phi) is 11.0. The number of rotatable bonds is 14. The molecule has 3 unspecified atom stereocenters. The van der Waals surface area contributed by atoms with Crippen LogP contribution in [0.4, 0.5) is 11.8 Å². The van der Waals surface area contributed by atoms with Gasteiger partial charge in [0.25, 0.3) is 0 Å². The molecule has 0 amide bonds. The van der Waals surface area contributed by atoms with Crippen molar-refractivity contribution in [2.45, 2.75) is 77.2 Å². The van der Waals surface area contributed by atoms with E-state index in [1.165, 1.54) is 60.8 Å². The number of aliphatic hydroxyl groups is 2. The molecule has 0 spiro atoms. The number of nitrogens with two attached hydrogens (primary N) is 1. The number of hydrazine groups is 1. The number of aromatic nitrogens is 3. The number of carbonyl (C=O) groups excluding carboxylic acids is 1. The van der Waals surface area contributed by atoms with E-state index in [1.807, 2.05) is 0 Å². The monoisotopic (exact) mass is 733 g/mol. The van der Waals surface area contributed by atoms with E-state index < -0.39 is 66.0 Å². The van der Waals surface area contributed by atoms with Gasteiger partial charge in [0.05, 0.1) is 24.4 Å². The van der Waals surface area contributed by atoms with Crippen LogP contribution in [-0.2, 0) is 33.4 Å². The first-order chi connectivity index (χ1) is 22.2. The van der Waals surface area contributed by atoms with Crippen LogP contribution in [0.2, 0.25) is 5.02 Å². The van der Waals surface area contributed by atoms with Crippen LogP contribution in [0.25, 0.3) is 11.0 Å². The van der Waals surface area contributed by atoms with Gasteiger partial charge in [-0.1, -0.05) is 11.6 Å². The summed E-state index contributed by atoms with van der Waals surface area (Å²) >= 11 is 5.98. The Bertz CT molecular complexity index is 1790. The van der Waals surface area contributed by atoms with Crippen LogP contribution in [-0.4, -0.2) is 88.0 Å². The standard InChI is InChI=1S/C28H41ClN7O10PS/c1-8-36(34-48(7,41)42)23-19-13-14-35(22(19)31-26(30)32-23)24-28(6,39)21(37)20(45-24)15-43-47(40,46-18-11-9-17(29)10-12-18)33-27(4,5)25(38)44-16(2)3/h9-14,16,20-21,24,34,37,39H,8,15H2,1-7H3,(H,33,40)(H2,30,31,32)/t20?,21-,24?,28-,47?/m1/s1. The molecule has 0 aliphatic carbocycles. The van der Waals surface area contributed by atoms with Gasteiger partial charge in [-0.05, 0) is 71.9 Å². The Labute approximate surface area is 283 Å². The maximum absolute atomic E-state index is 14.2. The summed E-state index contributed by atoms with van der Waals surface area (Å²) in [5.74, 6) is -0.685. The highest BCUT2D eigenvalue weighted by Gasteiger charge is 2.54. The summed E-state index contributed by atoms with van der Waals surface area (Å²) in [5.41, 5.74) is 2.62. The van der Waals surface area contributed by atoms with Gasteiger partial charge in [0, 0.05) is 17.8 Å². The van der Waals surface area contributed by atoms with E-state index >= 15 is 0 Å². The molecular formula is C28H41ClN7O10PS. The van der Waals surface area contributed by atoms with Crippen molar-refractivity contribution in [3.05, 3.63) is 41.6 Å². The number of esters is 1. The maximum Gasteiger partial charge on any atom is 0.459 e. The highest BCUT2D eigenvalue weighted by Crippen LogP contribution is 2.48. The van der Waals surface area contributed by atoms with E-state index in [0.717, 1.165) is 6.26 Å². The second-order valence-electron chi connectivity index (χ2n) is 12.2. The van der Waals surface area contributed by atoms with Gasteiger partial charge in [0.2, 0.25) is 16.0 Å². The fourth-order valence-corrected chi connectivity index (χ4v) is 7.32. The van der Waals surface area contributed by atoms with Gasteiger partial charge in [0.15, 0.2) is 12.0 Å². The minimum atomic E-state index is -4.43. The molecule has 0 bridgehead atoms. The number of nitrogens with one attached hydrogen (secondary N) is 2. The third-order valence-electron chi connectivity index (χ3n) is 7.14. The van der Waals surface area contributed by atoms with Crippen LogP contribution in [0.15, 0.2) is 36.5 Å². The number of halogens is 1. The van der Waals surface area contributed by atoms with Crippen molar-refractivity contribution in [3.63, 3.8) is 0 Å². The van der Waals surface area contributed by atoms with Gasteiger partial charge >= 0.3 is 13.7 Å². The summed E-state index contributed by atoms with van der Waals surface area (Å²) in [6, 6.07) is 7.48. The molecule has 1 aliphatic heterocycles. The van der Waals surface area contributed by atoms with Crippen LogP contribution < -0.4 is 25.2 Å². The molecule has 17 nitrogen and oxygen atoms in total. The molecule has 4 rings (SSSR count). The lowest BCUT2D eigenvalue weighted by Crippen LogP contribution is -2.48. The van der Waals surface area contributed by atoms with Crippen molar-refractivity contribution in [1.29, 1.82) is 0 Å². The molecule has 0 radical (unpaired) electrons. The second-order valence-corrected chi connectivity index (χ2v) is 16.0. The van der Waals surface area contributed by atoms with Crippen molar-refractivity contribution >= 4 is 58.1 Å². The van der Waals surface area contributed by atoms with Gasteiger partial charge in [-0.3, -0.25) is 14.3 Å². The summed E-state index contributed by atoms with van der Waals surface area (Å²) in [7, 11) is -8.12. The van der Waals surface area contributed by atoms with E-state index in [-0.39, 0.29) is 29.7 Å². The molecule has 3 heterocycles. The number of aliphatic hydroxyl groups excluding tert-OH is 1. The van der Waals surface area contributed by atoms with Gasteiger partial charge < -0.3 is 34.5 Å². The quantitative estimate of drug-likeness (QED) is 0.0911. The lowest BCUT2D eigenvalue weighted by Gasteiger charge is -2.30. The molecule has 1 fully saturated rings. The highest BCUT2D eigenvalue weighted by atomic mass is 35.5. The Balaban J connectivity index is 1.63. The van der Waals surface area contributed by atoms with Crippen molar-refractivity contribution in [1.82, 2.24) is 24.5 Å². The summed E-state index contributed by atoms with van der Waals surface area (Å²) in [6.07, 6.45) is -2.14.